The quantitative estimate of drug-likeness (QED) is 0.0169. The van der Waals surface area contributed by atoms with E-state index < -0.39 is 97.5 Å². The van der Waals surface area contributed by atoms with Crippen LogP contribution in [0.4, 0.5) is 0 Å². The standard InChI is InChI=1S/C79H144O17P2/c1-5-9-13-17-21-25-29-33-36-40-44-48-52-56-60-64-77(82)90-70-75(96-79(84)66-62-58-54-50-46-42-38-35-31-27-23-19-15-11-7-3)72-94-98(87,88)92-68-73(80)67-91-97(85,86)93-71-74(69-89-76(81)63-59-55-51-47-43-39-32-28-24-20-16-12-8-4)95-78(83)65-61-57-53-49-45-41-37-34-30-26-22-18-14-10-6-2/h22,26,28,32-38,73-75,80H,5-21,23-25,27,29-31,39-72H2,1-4H3,(H,85,86)(H,87,88)/b26-22-,32-28-,36-33-,37-34-,38-35-/t73-,74+,75+/m0/s1. The van der Waals surface area contributed by atoms with Gasteiger partial charge in [0.05, 0.1) is 26.4 Å². The third-order valence-corrected chi connectivity index (χ3v) is 18.8. The van der Waals surface area contributed by atoms with Crippen molar-refractivity contribution in [3.8, 4) is 0 Å². The van der Waals surface area contributed by atoms with Crippen molar-refractivity contribution in [1.82, 2.24) is 0 Å². The van der Waals surface area contributed by atoms with Crippen molar-refractivity contribution in [2.24, 2.45) is 0 Å². The van der Waals surface area contributed by atoms with E-state index in [0.717, 1.165) is 161 Å². The van der Waals surface area contributed by atoms with Crippen LogP contribution in [0.2, 0.25) is 0 Å². The fourth-order valence-corrected chi connectivity index (χ4v) is 12.4. The van der Waals surface area contributed by atoms with E-state index in [1.165, 1.54) is 122 Å². The number of allylic oxidation sites excluding steroid dienone is 10. The monoisotopic (exact) mass is 1430 g/mol. The summed E-state index contributed by atoms with van der Waals surface area (Å²) in [6.07, 6.45) is 70.5. The number of hydrogen-bond acceptors (Lipinski definition) is 15. The summed E-state index contributed by atoms with van der Waals surface area (Å²) in [6.45, 7) is 4.84. The van der Waals surface area contributed by atoms with Gasteiger partial charge in [-0.3, -0.25) is 37.3 Å². The van der Waals surface area contributed by atoms with Crippen LogP contribution in [0.1, 0.15) is 362 Å². The third-order valence-electron chi connectivity index (χ3n) is 16.9. The lowest BCUT2D eigenvalue weighted by molar-refractivity contribution is -0.161. The molecule has 0 aliphatic heterocycles. The maximum atomic E-state index is 13.1. The molecule has 5 atom stereocenters. The molecule has 572 valence electrons. The number of rotatable bonds is 75. The Hall–Kier alpha value is -3.24. The van der Waals surface area contributed by atoms with E-state index in [9.17, 15) is 43.2 Å². The van der Waals surface area contributed by atoms with Gasteiger partial charge in [-0.25, -0.2) is 9.13 Å². The molecule has 0 bridgehead atoms. The van der Waals surface area contributed by atoms with Crippen LogP contribution < -0.4 is 0 Å². The van der Waals surface area contributed by atoms with E-state index in [-0.39, 0.29) is 25.7 Å². The van der Waals surface area contributed by atoms with Gasteiger partial charge in [0.1, 0.15) is 19.3 Å². The maximum absolute atomic E-state index is 13.1. The molecule has 0 saturated heterocycles. The number of carbonyl (C=O) groups is 4. The highest BCUT2D eigenvalue weighted by Gasteiger charge is 2.30. The van der Waals surface area contributed by atoms with E-state index in [0.29, 0.717) is 25.7 Å². The van der Waals surface area contributed by atoms with Gasteiger partial charge in [-0.2, -0.15) is 0 Å². The van der Waals surface area contributed by atoms with Gasteiger partial charge in [0.25, 0.3) is 0 Å². The van der Waals surface area contributed by atoms with Crippen molar-refractivity contribution in [2.45, 2.75) is 380 Å². The number of aliphatic hydroxyl groups is 1. The van der Waals surface area contributed by atoms with E-state index in [1.54, 1.807) is 0 Å². The topological polar surface area (TPSA) is 237 Å². The number of esters is 4. The number of ether oxygens (including phenoxy) is 4. The molecule has 0 rings (SSSR count). The number of phosphoric ester groups is 2. The van der Waals surface area contributed by atoms with Crippen LogP contribution in [-0.2, 0) is 65.4 Å². The minimum Gasteiger partial charge on any atom is -0.462 e. The number of phosphoric acid groups is 2. The highest BCUT2D eigenvalue weighted by molar-refractivity contribution is 7.47. The van der Waals surface area contributed by atoms with Crippen LogP contribution in [0.5, 0.6) is 0 Å². The molecule has 98 heavy (non-hydrogen) atoms. The Morgan fingerprint density at radius 2 is 0.500 bits per heavy atom. The van der Waals surface area contributed by atoms with Crippen molar-refractivity contribution in [3.05, 3.63) is 60.8 Å². The van der Waals surface area contributed by atoms with Gasteiger partial charge in [-0.05, 0) is 135 Å². The molecule has 17 nitrogen and oxygen atoms in total. The van der Waals surface area contributed by atoms with Crippen LogP contribution >= 0.6 is 15.6 Å². The molecule has 0 aliphatic carbocycles. The van der Waals surface area contributed by atoms with Gasteiger partial charge in [0, 0.05) is 25.7 Å². The molecule has 0 radical (unpaired) electrons. The number of hydrogen-bond donors (Lipinski definition) is 3. The zero-order valence-electron chi connectivity index (χ0n) is 62.5. The van der Waals surface area contributed by atoms with Crippen LogP contribution in [0, 0.1) is 0 Å². The van der Waals surface area contributed by atoms with Crippen LogP contribution in [0.15, 0.2) is 60.8 Å². The Balaban J connectivity index is 5.35. The first kappa shape index (κ1) is 94.8. The zero-order chi connectivity index (χ0) is 71.8. The lowest BCUT2D eigenvalue weighted by Gasteiger charge is -2.21. The summed E-state index contributed by atoms with van der Waals surface area (Å²) in [5.74, 6) is -2.19. The van der Waals surface area contributed by atoms with E-state index in [1.807, 2.05) is 0 Å². The molecule has 0 aromatic heterocycles. The largest absolute Gasteiger partial charge is 0.472 e. The first-order valence-corrected chi connectivity index (χ1v) is 42.5. The molecule has 0 heterocycles. The second-order valence-corrected chi connectivity index (χ2v) is 29.5. The average molecular weight is 1430 g/mol. The lowest BCUT2D eigenvalue weighted by Crippen LogP contribution is -2.30. The Morgan fingerprint density at radius 3 is 0.796 bits per heavy atom. The predicted octanol–water partition coefficient (Wildman–Crippen LogP) is 22.7. The molecule has 2 unspecified atom stereocenters. The van der Waals surface area contributed by atoms with Gasteiger partial charge in [0.2, 0.25) is 0 Å². The third kappa shape index (κ3) is 71.2. The predicted molar refractivity (Wildman–Crippen MR) is 400 cm³/mol. The molecule has 0 saturated carbocycles. The van der Waals surface area contributed by atoms with Crippen molar-refractivity contribution < 1.29 is 80.2 Å². The van der Waals surface area contributed by atoms with E-state index >= 15 is 0 Å². The first-order chi connectivity index (χ1) is 47.7. The van der Waals surface area contributed by atoms with E-state index in [4.69, 9.17) is 37.0 Å². The summed E-state index contributed by atoms with van der Waals surface area (Å²) in [4.78, 5) is 72.9. The average Bonchev–Trinajstić information content (AvgIpc) is 1.05. The molecule has 0 aromatic rings. The summed E-state index contributed by atoms with van der Waals surface area (Å²) in [7, 11) is -9.95. The van der Waals surface area contributed by atoms with Gasteiger partial charge in [0.15, 0.2) is 12.2 Å². The van der Waals surface area contributed by atoms with Crippen molar-refractivity contribution in [2.75, 3.05) is 39.6 Å². The molecule has 0 aliphatic rings. The van der Waals surface area contributed by atoms with Gasteiger partial charge < -0.3 is 33.8 Å². The van der Waals surface area contributed by atoms with Crippen LogP contribution in [0.25, 0.3) is 0 Å². The lowest BCUT2D eigenvalue weighted by atomic mass is 10.1. The van der Waals surface area contributed by atoms with Crippen molar-refractivity contribution >= 4 is 39.5 Å². The summed E-state index contributed by atoms with van der Waals surface area (Å²) in [5.41, 5.74) is 0. The molecular weight excluding hydrogens is 1280 g/mol. The molecule has 0 fully saturated rings. The van der Waals surface area contributed by atoms with Crippen molar-refractivity contribution in [3.63, 3.8) is 0 Å². The normalized spacial score (nSPS) is 14.2. The van der Waals surface area contributed by atoms with Crippen LogP contribution in [-0.4, -0.2) is 96.7 Å². The number of unbranched alkanes of at least 4 members (excludes halogenated alkanes) is 39. The molecule has 0 aromatic carbocycles. The second kappa shape index (κ2) is 72.1. The van der Waals surface area contributed by atoms with Crippen LogP contribution in [0.3, 0.4) is 0 Å². The summed E-state index contributed by atoms with van der Waals surface area (Å²) in [6, 6.07) is 0. The molecule has 0 spiro atoms. The Bertz CT molecular complexity index is 2100. The summed E-state index contributed by atoms with van der Waals surface area (Å²) >= 11 is 0. The smallest absolute Gasteiger partial charge is 0.462 e. The fourth-order valence-electron chi connectivity index (χ4n) is 10.8. The second-order valence-electron chi connectivity index (χ2n) is 26.6. The van der Waals surface area contributed by atoms with Gasteiger partial charge in [-0.15, -0.1) is 0 Å². The zero-order valence-corrected chi connectivity index (χ0v) is 64.3. The number of aliphatic hydroxyl groups excluding tert-OH is 1. The Labute approximate surface area is 597 Å². The minimum absolute atomic E-state index is 0.0806. The number of carbonyl (C=O) groups excluding carboxylic acids is 4. The SMILES string of the molecule is CCCCC/C=C\C/C=C\CCCCCCCC(=O)O[C@H](COC(=O)CCCCCCC/C=C\CCCCCC)COP(=O)(O)OC[C@H](O)COP(=O)(O)OC[C@@H](COC(=O)CCCCCCC/C=C\CCCCCCCC)OC(=O)CCCCCCC/C=C\CCCCCCCC. The fraction of sp³-hybridized carbons (Fsp3) is 0.823. The summed E-state index contributed by atoms with van der Waals surface area (Å²) < 4.78 is 68.5. The van der Waals surface area contributed by atoms with Gasteiger partial charge >= 0.3 is 39.5 Å². The highest BCUT2D eigenvalue weighted by Crippen LogP contribution is 2.45. The first-order valence-electron chi connectivity index (χ1n) is 39.5. The summed E-state index contributed by atoms with van der Waals surface area (Å²) in [5, 5.41) is 10.6. The Kier molecular flexibility index (Phi) is 69.7. The van der Waals surface area contributed by atoms with Crippen molar-refractivity contribution in [1.29, 1.82) is 0 Å². The molecule has 19 heteroatoms. The highest BCUT2D eigenvalue weighted by atomic mass is 31.2. The van der Waals surface area contributed by atoms with E-state index in [2.05, 4.69) is 88.5 Å². The minimum atomic E-state index is -4.97. The molecular formula is C79H144O17P2. The Morgan fingerprint density at radius 1 is 0.286 bits per heavy atom. The van der Waals surface area contributed by atoms with Gasteiger partial charge in [-0.1, -0.05) is 262 Å². The molecule has 0 amide bonds. The maximum Gasteiger partial charge on any atom is 0.472 e. The molecule has 3 N–H and O–H groups in total.